The molecular formula is C12H13ClN2O2. The average Bonchev–Trinajstić information content (AvgIpc) is 3.17. The molecule has 0 saturated heterocycles. The number of halogens is 1. The van der Waals surface area contributed by atoms with Crippen LogP contribution in [0.4, 0.5) is 0 Å². The topological polar surface area (TPSA) is 58.2 Å². The maximum atomic E-state index is 11.6. The minimum atomic E-state index is -0.406. The third-order valence-electron chi connectivity index (χ3n) is 2.80. The van der Waals surface area contributed by atoms with E-state index in [0.29, 0.717) is 0 Å². The van der Waals surface area contributed by atoms with Crippen LogP contribution in [-0.4, -0.2) is 17.7 Å². The zero-order valence-electron chi connectivity index (χ0n) is 9.15. The van der Waals surface area contributed by atoms with Gasteiger partial charge in [-0.25, -0.2) is 0 Å². The monoisotopic (exact) mass is 252 g/mol. The van der Waals surface area contributed by atoms with E-state index in [4.69, 9.17) is 11.6 Å². The number of hydrazine groups is 1. The van der Waals surface area contributed by atoms with Gasteiger partial charge in [-0.15, -0.1) is 11.6 Å². The van der Waals surface area contributed by atoms with Gasteiger partial charge in [-0.3, -0.25) is 20.4 Å². The molecule has 0 aromatic heterocycles. The Labute approximate surface area is 104 Å². The molecule has 1 aromatic carbocycles. The Kier molecular flexibility index (Phi) is 3.64. The molecule has 0 heterocycles. The minimum absolute atomic E-state index is 0.0481. The van der Waals surface area contributed by atoms with Crippen molar-refractivity contribution in [3.63, 3.8) is 0 Å². The summed E-state index contributed by atoms with van der Waals surface area (Å²) < 4.78 is 0. The van der Waals surface area contributed by atoms with E-state index in [0.717, 1.165) is 12.0 Å². The highest BCUT2D eigenvalue weighted by Crippen LogP contribution is 2.47. The second-order valence-electron chi connectivity index (χ2n) is 4.03. The SMILES string of the molecule is O=C(CCl)NNC(=O)[C@@H]1C[C@@H]1c1ccccc1. The summed E-state index contributed by atoms with van der Waals surface area (Å²) in [6.45, 7) is 0. The van der Waals surface area contributed by atoms with Crippen LogP contribution in [-0.2, 0) is 9.59 Å². The van der Waals surface area contributed by atoms with Crippen molar-refractivity contribution in [2.45, 2.75) is 12.3 Å². The first-order chi connectivity index (χ1) is 8.22. The van der Waals surface area contributed by atoms with Crippen LogP contribution < -0.4 is 10.9 Å². The van der Waals surface area contributed by atoms with Crippen LogP contribution >= 0.6 is 11.6 Å². The minimum Gasteiger partial charge on any atom is -0.273 e. The van der Waals surface area contributed by atoms with Crippen LogP contribution in [0.5, 0.6) is 0 Å². The molecule has 2 atom stereocenters. The number of nitrogens with one attached hydrogen (secondary N) is 2. The first-order valence-electron chi connectivity index (χ1n) is 5.42. The van der Waals surface area contributed by atoms with Crippen molar-refractivity contribution in [1.82, 2.24) is 10.9 Å². The molecule has 0 aliphatic heterocycles. The van der Waals surface area contributed by atoms with E-state index in [9.17, 15) is 9.59 Å². The number of benzene rings is 1. The van der Waals surface area contributed by atoms with E-state index >= 15 is 0 Å². The molecule has 5 heteroatoms. The summed E-state index contributed by atoms with van der Waals surface area (Å²) in [5.74, 6) is -0.501. The normalized spacial score (nSPS) is 21.7. The molecule has 0 spiro atoms. The molecule has 4 nitrogen and oxygen atoms in total. The van der Waals surface area contributed by atoms with Gasteiger partial charge in [0.15, 0.2) is 0 Å². The van der Waals surface area contributed by atoms with Crippen molar-refractivity contribution in [2.24, 2.45) is 5.92 Å². The highest BCUT2D eigenvalue weighted by molar-refractivity contribution is 6.27. The summed E-state index contributed by atoms with van der Waals surface area (Å²) in [7, 11) is 0. The summed E-state index contributed by atoms with van der Waals surface area (Å²) in [6, 6.07) is 9.88. The molecule has 1 fully saturated rings. The number of rotatable bonds is 3. The molecule has 1 aliphatic rings. The molecule has 90 valence electrons. The fourth-order valence-corrected chi connectivity index (χ4v) is 1.88. The molecule has 0 unspecified atom stereocenters. The molecule has 1 saturated carbocycles. The predicted octanol–water partition coefficient (Wildman–Crippen LogP) is 1.18. The van der Waals surface area contributed by atoms with Crippen molar-refractivity contribution in [3.8, 4) is 0 Å². The zero-order chi connectivity index (χ0) is 12.3. The van der Waals surface area contributed by atoms with Crippen molar-refractivity contribution < 1.29 is 9.59 Å². The van der Waals surface area contributed by atoms with Crippen LogP contribution in [0.1, 0.15) is 17.9 Å². The van der Waals surface area contributed by atoms with Crippen LogP contribution in [0, 0.1) is 5.92 Å². The number of carbonyl (C=O) groups excluding carboxylic acids is 2. The Morgan fingerprint density at radius 2 is 1.94 bits per heavy atom. The van der Waals surface area contributed by atoms with Crippen molar-refractivity contribution >= 4 is 23.4 Å². The first-order valence-corrected chi connectivity index (χ1v) is 5.95. The van der Waals surface area contributed by atoms with Gasteiger partial charge in [0.05, 0.1) is 0 Å². The van der Waals surface area contributed by atoms with E-state index in [1.54, 1.807) is 0 Å². The van der Waals surface area contributed by atoms with Gasteiger partial charge in [0, 0.05) is 5.92 Å². The lowest BCUT2D eigenvalue weighted by Crippen LogP contribution is -2.43. The van der Waals surface area contributed by atoms with Gasteiger partial charge in [0.25, 0.3) is 5.91 Å². The van der Waals surface area contributed by atoms with E-state index < -0.39 is 5.91 Å². The summed E-state index contributed by atoms with van der Waals surface area (Å²) in [5, 5.41) is 0. The van der Waals surface area contributed by atoms with Crippen LogP contribution in [0.25, 0.3) is 0 Å². The number of hydrogen-bond acceptors (Lipinski definition) is 2. The summed E-state index contributed by atoms with van der Waals surface area (Å²) in [4.78, 5) is 22.5. The number of amides is 2. The lowest BCUT2D eigenvalue weighted by atomic mass is 10.1. The predicted molar refractivity (Wildman–Crippen MR) is 64.3 cm³/mol. The van der Waals surface area contributed by atoms with Gasteiger partial charge >= 0.3 is 0 Å². The van der Waals surface area contributed by atoms with Gasteiger partial charge in [0.2, 0.25) is 5.91 Å². The lowest BCUT2D eigenvalue weighted by Gasteiger charge is -2.05. The van der Waals surface area contributed by atoms with Gasteiger partial charge in [-0.2, -0.15) is 0 Å². The molecule has 0 radical (unpaired) electrons. The Hall–Kier alpha value is -1.55. The second-order valence-corrected chi connectivity index (χ2v) is 4.30. The maximum absolute atomic E-state index is 11.6. The number of carbonyl (C=O) groups is 2. The highest BCUT2D eigenvalue weighted by Gasteiger charge is 2.43. The standard InChI is InChI=1S/C12H13ClN2O2/c13-7-11(16)14-15-12(17)10-6-9(10)8-4-2-1-3-5-8/h1-5,9-10H,6-7H2,(H,14,16)(H,15,17)/t9-,10-/m1/s1. The highest BCUT2D eigenvalue weighted by atomic mass is 35.5. The smallest absolute Gasteiger partial charge is 0.253 e. The van der Waals surface area contributed by atoms with E-state index in [-0.39, 0.29) is 23.6 Å². The fraction of sp³-hybridized carbons (Fsp3) is 0.333. The van der Waals surface area contributed by atoms with Gasteiger partial charge in [-0.1, -0.05) is 30.3 Å². The Morgan fingerprint density at radius 3 is 2.59 bits per heavy atom. The quantitative estimate of drug-likeness (QED) is 0.627. The molecule has 17 heavy (non-hydrogen) atoms. The Morgan fingerprint density at radius 1 is 1.24 bits per heavy atom. The summed E-state index contributed by atoms with van der Waals surface area (Å²) >= 11 is 5.29. The summed E-state index contributed by atoms with van der Waals surface area (Å²) in [5.41, 5.74) is 5.79. The maximum Gasteiger partial charge on any atom is 0.253 e. The molecule has 2 rings (SSSR count). The first kappa shape index (κ1) is 11.9. The van der Waals surface area contributed by atoms with Crippen LogP contribution in [0.3, 0.4) is 0 Å². The van der Waals surface area contributed by atoms with E-state index in [1.807, 2.05) is 30.3 Å². The molecule has 1 aromatic rings. The molecule has 1 aliphatic carbocycles. The lowest BCUT2D eigenvalue weighted by molar-refractivity contribution is -0.128. The largest absolute Gasteiger partial charge is 0.273 e. The third-order valence-corrected chi connectivity index (χ3v) is 3.04. The molecule has 0 bridgehead atoms. The Balaban J connectivity index is 1.83. The molecule has 2 amide bonds. The number of hydrogen-bond donors (Lipinski definition) is 2. The van der Waals surface area contributed by atoms with Gasteiger partial charge < -0.3 is 0 Å². The van der Waals surface area contributed by atoms with Crippen LogP contribution in [0.15, 0.2) is 30.3 Å². The van der Waals surface area contributed by atoms with Crippen molar-refractivity contribution in [1.29, 1.82) is 0 Å². The van der Waals surface area contributed by atoms with Crippen LogP contribution in [0.2, 0.25) is 0 Å². The van der Waals surface area contributed by atoms with Gasteiger partial charge in [0.1, 0.15) is 5.88 Å². The van der Waals surface area contributed by atoms with Crippen molar-refractivity contribution in [3.05, 3.63) is 35.9 Å². The van der Waals surface area contributed by atoms with Crippen molar-refractivity contribution in [2.75, 3.05) is 5.88 Å². The summed E-state index contributed by atoms with van der Waals surface area (Å²) in [6.07, 6.45) is 0.826. The van der Waals surface area contributed by atoms with E-state index in [1.165, 1.54) is 0 Å². The molecule has 2 N–H and O–H groups in total. The second kappa shape index (κ2) is 5.19. The fourth-order valence-electron chi connectivity index (χ4n) is 1.81. The zero-order valence-corrected chi connectivity index (χ0v) is 9.91. The average molecular weight is 253 g/mol. The van der Waals surface area contributed by atoms with E-state index in [2.05, 4.69) is 10.9 Å². The Bertz CT molecular complexity index is 422. The molecular weight excluding hydrogens is 240 g/mol. The third kappa shape index (κ3) is 2.97. The van der Waals surface area contributed by atoms with Gasteiger partial charge in [-0.05, 0) is 17.9 Å². The number of alkyl halides is 1.